The van der Waals surface area contributed by atoms with Crippen molar-refractivity contribution in [2.24, 2.45) is 0 Å². The van der Waals surface area contributed by atoms with E-state index in [0.717, 1.165) is 16.2 Å². The highest BCUT2D eigenvalue weighted by atomic mass is 32.1. The van der Waals surface area contributed by atoms with E-state index in [4.69, 9.17) is 4.74 Å². The monoisotopic (exact) mass is 358 g/mol. The average Bonchev–Trinajstić information content (AvgIpc) is 3.20. The van der Waals surface area contributed by atoms with Crippen molar-refractivity contribution in [3.8, 4) is 5.75 Å². The number of ether oxygens (including phenoxy) is 1. The Hall–Kier alpha value is -2.34. The molecule has 0 radical (unpaired) electrons. The van der Waals surface area contributed by atoms with Crippen LogP contribution in [-0.2, 0) is 11.2 Å². The van der Waals surface area contributed by atoms with E-state index in [-0.39, 0.29) is 11.8 Å². The summed E-state index contributed by atoms with van der Waals surface area (Å²) in [5.74, 6) is 1.02. The minimum absolute atomic E-state index is 0.0680. The molecule has 1 aromatic carbocycles. The highest BCUT2D eigenvalue weighted by Gasteiger charge is 2.24. The largest absolute Gasteiger partial charge is 0.497 e. The Morgan fingerprint density at radius 3 is 2.52 bits per heavy atom. The molecule has 0 atom stereocenters. The molecule has 0 aliphatic carbocycles. The molecule has 0 saturated carbocycles. The first-order chi connectivity index (χ1) is 12.2. The summed E-state index contributed by atoms with van der Waals surface area (Å²) >= 11 is 1.46. The van der Waals surface area contributed by atoms with Crippen LogP contribution in [0.3, 0.4) is 0 Å². The number of amides is 2. The van der Waals surface area contributed by atoms with E-state index in [1.54, 1.807) is 7.11 Å². The van der Waals surface area contributed by atoms with Crippen LogP contribution in [-0.4, -0.2) is 54.9 Å². The third-order valence-electron chi connectivity index (χ3n) is 4.41. The van der Waals surface area contributed by atoms with E-state index >= 15 is 0 Å². The van der Waals surface area contributed by atoms with Crippen LogP contribution in [0.4, 0.5) is 0 Å². The minimum Gasteiger partial charge on any atom is -0.497 e. The molecule has 3 rings (SSSR count). The van der Waals surface area contributed by atoms with E-state index < -0.39 is 0 Å². The number of piperazine rings is 1. The molecule has 2 heterocycles. The molecule has 0 N–H and O–H groups in total. The summed E-state index contributed by atoms with van der Waals surface area (Å²) in [7, 11) is 1.64. The lowest BCUT2D eigenvalue weighted by Crippen LogP contribution is -2.50. The van der Waals surface area contributed by atoms with Crippen LogP contribution in [0.5, 0.6) is 5.75 Å². The molecule has 0 spiro atoms. The van der Waals surface area contributed by atoms with E-state index in [1.807, 2.05) is 51.6 Å². The van der Waals surface area contributed by atoms with Gasteiger partial charge in [0.2, 0.25) is 5.91 Å². The van der Waals surface area contributed by atoms with Gasteiger partial charge in [0.05, 0.1) is 12.0 Å². The van der Waals surface area contributed by atoms with Crippen molar-refractivity contribution in [1.29, 1.82) is 0 Å². The van der Waals surface area contributed by atoms with E-state index in [2.05, 4.69) is 0 Å². The number of methoxy groups -OCH3 is 1. The number of benzene rings is 1. The highest BCUT2D eigenvalue weighted by Crippen LogP contribution is 2.16. The smallest absolute Gasteiger partial charge is 0.264 e. The normalized spacial score (nSPS) is 14.4. The molecule has 1 saturated heterocycles. The van der Waals surface area contributed by atoms with Crippen molar-refractivity contribution in [2.75, 3.05) is 33.3 Å². The molecule has 6 heteroatoms. The SMILES string of the molecule is COc1cccc(CCC(=O)N2CCN(C(=O)c3cccs3)CC2)c1. The standard InChI is InChI=1S/C19H22N2O3S/c1-24-16-5-2-4-15(14-16)7-8-18(22)20-9-11-21(12-10-20)19(23)17-6-3-13-25-17/h2-6,13-14H,7-12H2,1H3. The second-order valence-corrected chi connectivity index (χ2v) is 6.95. The molecule has 25 heavy (non-hydrogen) atoms. The average molecular weight is 358 g/mol. The summed E-state index contributed by atoms with van der Waals surface area (Å²) in [5, 5.41) is 1.91. The summed E-state index contributed by atoms with van der Waals surface area (Å²) in [6.07, 6.45) is 1.18. The minimum atomic E-state index is 0.0680. The van der Waals surface area contributed by atoms with Crippen LogP contribution in [0, 0.1) is 0 Å². The Bertz CT molecular complexity index is 722. The van der Waals surface area contributed by atoms with Gasteiger partial charge in [0.25, 0.3) is 5.91 Å². The maximum absolute atomic E-state index is 12.4. The second-order valence-electron chi connectivity index (χ2n) is 6.00. The van der Waals surface area contributed by atoms with Crippen molar-refractivity contribution in [1.82, 2.24) is 9.80 Å². The van der Waals surface area contributed by atoms with Gasteiger partial charge in [0.15, 0.2) is 0 Å². The van der Waals surface area contributed by atoms with Gasteiger partial charge in [-0.3, -0.25) is 9.59 Å². The molecule has 2 amide bonds. The highest BCUT2D eigenvalue weighted by molar-refractivity contribution is 7.12. The van der Waals surface area contributed by atoms with Crippen LogP contribution in [0.15, 0.2) is 41.8 Å². The van der Waals surface area contributed by atoms with Gasteiger partial charge in [-0.1, -0.05) is 18.2 Å². The van der Waals surface area contributed by atoms with Crippen molar-refractivity contribution < 1.29 is 14.3 Å². The zero-order chi connectivity index (χ0) is 17.6. The number of hydrogen-bond acceptors (Lipinski definition) is 4. The summed E-state index contributed by atoms with van der Waals surface area (Å²) < 4.78 is 5.21. The number of carbonyl (C=O) groups is 2. The van der Waals surface area contributed by atoms with E-state index in [1.165, 1.54) is 11.3 Å². The zero-order valence-electron chi connectivity index (χ0n) is 14.3. The topological polar surface area (TPSA) is 49.9 Å². The van der Waals surface area contributed by atoms with Crippen LogP contribution in [0.25, 0.3) is 0 Å². The number of carbonyl (C=O) groups excluding carboxylic acids is 2. The summed E-state index contributed by atoms with van der Waals surface area (Å²) in [4.78, 5) is 29.2. The van der Waals surface area contributed by atoms with E-state index in [9.17, 15) is 9.59 Å². The number of hydrogen-bond donors (Lipinski definition) is 0. The number of nitrogens with zero attached hydrogens (tertiary/aromatic N) is 2. The van der Waals surface area contributed by atoms with Crippen LogP contribution >= 0.6 is 11.3 Å². The number of thiophene rings is 1. The predicted molar refractivity (Wildman–Crippen MR) is 98.1 cm³/mol. The Balaban J connectivity index is 1.47. The van der Waals surface area contributed by atoms with Gasteiger partial charge in [-0.2, -0.15) is 0 Å². The molecular formula is C19H22N2O3S. The molecule has 2 aromatic rings. The molecule has 1 aliphatic rings. The fourth-order valence-electron chi connectivity index (χ4n) is 2.95. The van der Waals surface area contributed by atoms with Crippen LogP contribution in [0.2, 0.25) is 0 Å². The molecule has 1 aromatic heterocycles. The molecule has 132 valence electrons. The lowest BCUT2D eigenvalue weighted by atomic mass is 10.1. The maximum Gasteiger partial charge on any atom is 0.264 e. The summed E-state index contributed by atoms with van der Waals surface area (Å²) in [6.45, 7) is 2.41. The molecular weight excluding hydrogens is 336 g/mol. The Morgan fingerprint density at radius 2 is 1.84 bits per heavy atom. The summed E-state index contributed by atoms with van der Waals surface area (Å²) in [6, 6.07) is 11.5. The fourth-order valence-corrected chi connectivity index (χ4v) is 3.64. The van der Waals surface area contributed by atoms with Crippen LogP contribution in [0.1, 0.15) is 21.7 Å². The molecule has 1 aliphatic heterocycles. The predicted octanol–water partition coefficient (Wildman–Crippen LogP) is 2.67. The van der Waals surface area contributed by atoms with Crippen molar-refractivity contribution in [3.63, 3.8) is 0 Å². The molecule has 0 bridgehead atoms. The number of rotatable bonds is 5. The fraction of sp³-hybridized carbons (Fsp3) is 0.368. The molecule has 5 nitrogen and oxygen atoms in total. The second kappa shape index (κ2) is 8.16. The van der Waals surface area contributed by atoms with Gasteiger partial charge in [-0.25, -0.2) is 0 Å². The third-order valence-corrected chi connectivity index (χ3v) is 5.27. The molecule has 0 unspecified atom stereocenters. The van der Waals surface area contributed by atoms with E-state index in [0.29, 0.717) is 39.0 Å². The molecule has 1 fully saturated rings. The lowest BCUT2D eigenvalue weighted by molar-refractivity contribution is -0.132. The first-order valence-electron chi connectivity index (χ1n) is 8.41. The van der Waals surface area contributed by atoms with Gasteiger partial charge < -0.3 is 14.5 Å². The van der Waals surface area contributed by atoms with Crippen molar-refractivity contribution in [3.05, 3.63) is 52.2 Å². The van der Waals surface area contributed by atoms with Gasteiger partial charge in [0, 0.05) is 32.6 Å². The van der Waals surface area contributed by atoms with Gasteiger partial charge in [0.1, 0.15) is 5.75 Å². The lowest BCUT2D eigenvalue weighted by Gasteiger charge is -2.34. The Kier molecular flexibility index (Phi) is 5.71. The van der Waals surface area contributed by atoms with Crippen LogP contribution < -0.4 is 4.74 Å². The Labute approximate surface area is 151 Å². The Morgan fingerprint density at radius 1 is 1.08 bits per heavy atom. The van der Waals surface area contributed by atoms with Gasteiger partial charge in [-0.15, -0.1) is 11.3 Å². The first-order valence-corrected chi connectivity index (χ1v) is 9.29. The number of aryl methyl sites for hydroxylation is 1. The van der Waals surface area contributed by atoms with Crippen molar-refractivity contribution >= 4 is 23.2 Å². The quantitative estimate of drug-likeness (QED) is 0.826. The van der Waals surface area contributed by atoms with Crippen molar-refractivity contribution in [2.45, 2.75) is 12.8 Å². The first kappa shape index (κ1) is 17.5. The zero-order valence-corrected chi connectivity index (χ0v) is 15.1. The van der Waals surface area contributed by atoms with Gasteiger partial charge >= 0.3 is 0 Å². The maximum atomic E-state index is 12.4. The summed E-state index contributed by atoms with van der Waals surface area (Å²) in [5.41, 5.74) is 1.10. The third kappa shape index (κ3) is 4.39. The van der Waals surface area contributed by atoms with Gasteiger partial charge in [-0.05, 0) is 35.6 Å².